The number of carbonyl (C=O) groups excluding carboxylic acids is 2. The maximum absolute atomic E-state index is 12.6. The number of thiazole rings is 1. The zero-order valence-electron chi connectivity index (χ0n) is 11.0. The first-order valence-corrected chi connectivity index (χ1v) is 6.85. The van der Waals surface area contributed by atoms with Crippen molar-refractivity contribution < 1.29 is 22.8 Å². The molecule has 0 saturated carbocycles. The Morgan fingerprint density at radius 3 is 2.64 bits per heavy atom. The van der Waals surface area contributed by atoms with Crippen LogP contribution in [0.2, 0.25) is 0 Å². The Morgan fingerprint density at radius 1 is 1.32 bits per heavy atom. The topological polar surface area (TPSA) is 85.1 Å². The zero-order chi connectivity index (χ0) is 16.3. The number of hydrogen-bond donors (Lipinski definition) is 2. The summed E-state index contributed by atoms with van der Waals surface area (Å²) in [6.45, 7) is 0. The molecule has 22 heavy (non-hydrogen) atoms. The Kier molecular flexibility index (Phi) is 4.45. The van der Waals surface area contributed by atoms with Gasteiger partial charge in [-0.25, -0.2) is 4.98 Å². The van der Waals surface area contributed by atoms with Gasteiger partial charge in [0.25, 0.3) is 5.91 Å². The van der Waals surface area contributed by atoms with E-state index in [1.54, 1.807) is 0 Å². The predicted octanol–water partition coefficient (Wildman–Crippen LogP) is 2.44. The van der Waals surface area contributed by atoms with Gasteiger partial charge < -0.3 is 11.1 Å². The summed E-state index contributed by atoms with van der Waals surface area (Å²) < 4.78 is 37.7. The summed E-state index contributed by atoms with van der Waals surface area (Å²) in [5, 5.41) is 3.94. The fraction of sp³-hybridized carbons (Fsp3) is 0.154. The molecule has 0 aliphatic heterocycles. The fourth-order valence-corrected chi connectivity index (χ4v) is 2.37. The minimum absolute atomic E-state index is 0.0133. The lowest BCUT2D eigenvalue weighted by atomic mass is 10.1. The van der Waals surface area contributed by atoms with Crippen LogP contribution in [0, 0.1) is 0 Å². The Labute approximate surface area is 127 Å². The van der Waals surface area contributed by atoms with E-state index in [9.17, 15) is 22.8 Å². The number of nitrogens with one attached hydrogen (secondary N) is 1. The highest BCUT2D eigenvalue weighted by atomic mass is 32.1. The third kappa shape index (κ3) is 4.04. The molecule has 2 aromatic rings. The fourth-order valence-electron chi connectivity index (χ4n) is 1.65. The van der Waals surface area contributed by atoms with Crippen LogP contribution in [0.5, 0.6) is 0 Å². The molecule has 116 valence electrons. The number of nitrogens with two attached hydrogens (primary N) is 1. The number of hydrogen-bond acceptors (Lipinski definition) is 4. The zero-order valence-corrected chi connectivity index (χ0v) is 11.8. The summed E-state index contributed by atoms with van der Waals surface area (Å²) in [6.07, 6.45) is -4.70. The van der Waals surface area contributed by atoms with Crippen molar-refractivity contribution >= 4 is 28.3 Å². The van der Waals surface area contributed by atoms with Gasteiger partial charge in [-0.05, 0) is 11.6 Å². The van der Waals surface area contributed by atoms with Gasteiger partial charge in [0.15, 0.2) is 5.13 Å². The highest BCUT2D eigenvalue weighted by Gasteiger charge is 2.30. The number of amides is 2. The molecular formula is C13H10F3N3O2S. The minimum atomic E-state index is -4.46. The van der Waals surface area contributed by atoms with Crippen molar-refractivity contribution in [3.05, 3.63) is 46.5 Å². The lowest BCUT2D eigenvalue weighted by molar-refractivity contribution is -0.137. The first kappa shape index (κ1) is 16.0. The molecule has 0 saturated heterocycles. The molecule has 0 radical (unpaired) electrons. The van der Waals surface area contributed by atoms with Crippen molar-refractivity contribution in [1.29, 1.82) is 0 Å². The van der Waals surface area contributed by atoms with Crippen molar-refractivity contribution in [2.45, 2.75) is 12.6 Å². The normalized spacial score (nSPS) is 11.2. The van der Waals surface area contributed by atoms with Gasteiger partial charge in [0.05, 0.1) is 12.0 Å². The molecule has 5 nitrogen and oxygen atoms in total. The molecule has 2 amide bonds. The maximum Gasteiger partial charge on any atom is 0.416 e. The van der Waals surface area contributed by atoms with Crippen LogP contribution in [-0.2, 0) is 17.4 Å². The van der Waals surface area contributed by atoms with Gasteiger partial charge in [0.2, 0.25) is 5.91 Å². The van der Waals surface area contributed by atoms with Crippen molar-refractivity contribution in [1.82, 2.24) is 4.98 Å². The monoisotopic (exact) mass is 329 g/mol. The summed E-state index contributed by atoms with van der Waals surface area (Å²) >= 11 is 1.00. The van der Waals surface area contributed by atoms with Gasteiger partial charge in [-0.3, -0.25) is 9.59 Å². The molecule has 0 fully saturated rings. The molecule has 1 aromatic carbocycles. The van der Waals surface area contributed by atoms with E-state index in [-0.39, 0.29) is 22.8 Å². The van der Waals surface area contributed by atoms with Crippen molar-refractivity contribution in [3.63, 3.8) is 0 Å². The van der Waals surface area contributed by atoms with E-state index in [0.717, 1.165) is 23.5 Å². The molecule has 1 aromatic heterocycles. The van der Waals surface area contributed by atoms with Crippen molar-refractivity contribution in [3.8, 4) is 0 Å². The third-order valence-corrected chi connectivity index (χ3v) is 3.38. The van der Waals surface area contributed by atoms with Crippen LogP contribution in [-0.4, -0.2) is 16.8 Å². The molecule has 1 heterocycles. The van der Waals surface area contributed by atoms with Crippen LogP contribution in [0.1, 0.15) is 21.6 Å². The molecule has 0 aliphatic rings. The molecular weight excluding hydrogens is 319 g/mol. The lowest BCUT2D eigenvalue weighted by Gasteiger charge is -2.08. The summed E-state index contributed by atoms with van der Waals surface area (Å²) in [4.78, 5) is 26.4. The van der Waals surface area contributed by atoms with Gasteiger partial charge in [-0.1, -0.05) is 18.2 Å². The van der Waals surface area contributed by atoms with Crippen LogP contribution in [0.25, 0.3) is 0 Å². The van der Waals surface area contributed by atoms with E-state index in [1.165, 1.54) is 17.5 Å². The minimum Gasteiger partial charge on any atom is -0.364 e. The summed E-state index contributed by atoms with van der Waals surface area (Å²) in [5.41, 5.74) is 4.44. The average molecular weight is 329 g/mol. The lowest BCUT2D eigenvalue weighted by Crippen LogP contribution is -2.16. The van der Waals surface area contributed by atoms with Crippen LogP contribution in [0.3, 0.4) is 0 Å². The second-order valence-corrected chi connectivity index (χ2v) is 5.18. The van der Waals surface area contributed by atoms with E-state index >= 15 is 0 Å². The van der Waals surface area contributed by atoms with E-state index in [1.807, 2.05) is 0 Å². The SMILES string of the molecule is NC(=O)c1csc(NC(=O)Cc2cccc(C(F)(F)F)c2)n1. The highest BCUT2D eigenvalue weighted by molar-refractivity contribution is 7.14. The Bertz CT molecular complexity index is 713. The highest BCUT2D eigenvalue weighted by Crippen LogP contribution is 2.29. The second kappa shape index (κ2) is 6.14. The van der Waals surface area contributed by atoms with E-state index in [2.05, 4.69) is 10.3 Å². The van der Waals surface area contributed by atoms with E-state index in [0.29, 0.717) is 0 Å². The number of halogens is 3. The number of anilines is 1. The Balaban J connectivity index is 2.04. The molecule has 9 heteroatoms. The number of primary amides is 1. The number of nitrogens with zero attached hydrogens (tertiary/aromatic N) is 1. The van der Waals surface area contributed by atoms with Gasteiger partial charge in [0.1, 0.15) is 5.69 Å². The summed E-state index contributed by atoms with van der Waals surface area (Å²) in [5.74, 6) is -1.26. The van der Waals surface area contributed by atoms with Gasteiger partial charge >= 0.3 is 6.18 Å². The molecule has 0 aliphatic carbocycles. The summed E-state index contributed by atoms with van der Waals surface area (Å²) in [6, 6.07) is 4.50. The molecule has 0 bridgehead atoms. The molecule has 0 unspecified atom stereocenters. The number of benzene rings is 1. The van der Waals surface area contributed by atoms with Crippen molar-refractivity contribution in [2.75, 3.05) is 5.32 Å². The molecule has 0 atom stereocenters. The first-order chi connectivity index (χ1) is 10.3. The second-order valence-electron chi connectivity index (χ2n) is 4.33. The number of aromatic nitrogens is 1. The standard InChI is InChI=1S/C13H10F3N3O2S/c14-13(15,16)8-3-1-2-7(4-8)5-10(20)19-12-18-9(6-22-12)11(17)21/h1-4,6H,5H2,(H2,17,21)(H,18,19,20). The molecule has 0 spiro atoms. The third-order valence-electron chi connectivity index (χ3n) is 2.62. The van der Waals surface area contributed by atoms with Crippen molar-refractivity contribution in [2.24, 2.45) is 5.73 Å². The Hall–Kier alpha value is -2.42. The van der Waals surface area contributed by atoms with E-state index in [4.69, 9.17) is 5.73 Å². The van der Waals surface area contributed by atoms with Gasteiger partial charge in [-0.15, -0.1) is 11.3 Å². The summed E-state index contributed by atoms with van der Waals surface area (Å²) in [7, 11) is 0. The number of carbonyl (C=O) groups is 2. The van der Waals surface area contributed by atoms with Gasteiger partial charge in [-0.2, -0.15) is 13.2 Å². The largest absolute Gasteiger partial charge is 0.416 e. The maximum atomic E-state index is 12.6. The van der Waals surface area contributed by atoms with Crippen LogP contribution in [0.4, 0.5) is 18.3 Å². The molecule has 2 rings (SSSR count). The van der Waals surface area contributed by atoms with E-state index < -0.39 is 23.6 Å². The Morgan fingerprint density at radius 2 is 2.05 bits per heavy atom. The number of alkyl halides is 3. The first-order valence-electron chi connectivity index (χ1n) is 5.97. The van der Waals surface area contributed by atoms with Crippen LogP contribution >= 0.6 is 11.3 Å². The average Bonchev–Trinajstić information content (AvgIpc) is 2.86. The molecule has 3 N–H and O–H groups in total. The van der Waals surface area contributed by atoms with Crippen LogP contribution in [0.15, 0.2) is 29.6 Å². The number of rotatable bonds is 4. The quantitative estimate of drug-likeness (QED) is 0.903. The van der Waals surface area contributed by atoms with Gasteiger partial charge in [0, 0.05) is 5.38 Å². The van der Waals surface area contributed by atoms with Crippen LogP contribution < -0.4 is 11.1 Å². The smallest absolute Gasteiger partial charge is 0.364 e. The predicted molar refractivity (Wildman–Crippen MR) is 74.4 cm³/mol.